The lowest BCUT2D eigenvalue weighted by Crippen LogP contribution is -2.25. The Hall–Kier alpha value is -2.70. The van der Waals surface area contributed by atoms with Crippen molar-refractivity contribution in [3.8, 4) is 0 Å². The third-order valence-electron chi connectivity index (χ3n) is 3.58. The van der Waals surface area contributed by atoms with Crippen LogP contribution < -0.4 is 10.6 Å². The fourth-order valence-electron chi connectivity index (χ4n) is 2.15. The van der Waals surface area contributed by atoms with Gasteiger partial charge in [-0.05, 0) is 32.0 Å². The number of carbonyl (C=O) groups excluding carboxylic acids is 2. The van der Waals surface area contributed by atoms with E-state index in [1.54, 1.807) is 6.92 Å². The minimum absolute atomic E-state index is 0.0393. The molecule has 2 aromatic rings. The maximum absolute atomic E-state index is 12.9. The highest BCUT2D eigenvalue weighted by Crippen LogP contribution is 2.37. The van der Waals surface area contributed by atoms with Crippen LogP contribution in [0.15, 0.2) is 28.8 Å². The van der Waals surface area contributed by atoms with Gasteiger partial charge in [-0.3, -0.25) is 9.59 Å². The molecule has 0 bridgehead atoms. The molecule has 2 N–H and O–H groups in total. The average molecular weight is 455 g/mol. The van der Waals surface area contributed by atoms with Gasteiger partial charge in [-0.2, -0.15) is 26.3 Å². The van der Waals surface area contributed by atoms with Gasteiger partial charge >= 0.3 is 12.4 Å². The smallest absolute Gasteiger partial charge is 0.360 e. The molecule has 1 aromatic heterocycles. The van der Waals surface area contributed by atoms with Crippen LogP contribution in [0.5, 0.6) is 0 Å². The minimum atomic E-state index is -5.03. The highest BCUT2D eigenvalue weighted by atomic mass is 32.2. The first kappa shape index (κ1) is 23.6. The van der Waals surface area contributed by atoms with Crippen LogP contribution in [-0.2, 0) is 21.9 Å². The topological polar surface area (TPSA) is 84.2 Å². The number of benzene rings is 1. The fourth-order valence-corrected chi connectivity index (χ4v) is 2.84. The number of alkyl halides is 6. The molecule has 0 aliphatic heterocycles. The molecule has 0 saturated carbocycles. The number of halogens is 6. The Labute approximate surface area is 170 Å². The molecule has 0 fully saturated rings. The van der Waals surface area contributed by atoms with Crippen molar-refractivity contribution in [3.63, 3.8) is 0 Å². The van der Waals surface area contributed by atoms with Gasteiger partial charge in [0.05, 0.1) is 22.1 Å². The highest BCUT2D eigenvalue weighted by molar-refractivity contribution is 8.01. The zero-order chi connectivity index (χ0) is 22.7. The molecule has 1 atom stereocenters. The maximum atomic E-state index is 12.9. The van der Waals surface area contributed by atoms with Crippen molar-refractivity contribution >= 4 is 35.1 Å². The van der Waals surface area contributed by atoms with Gasteiger partial charge in [-0.15, -0.1) is 11.8 Å². The van der Waals surface area contributed by atoms with E-state index in [-0.39, 0.29) is 17.6 Å². The van der Waals surface area contributed by atoms with E-state index in [4.69, 9.17) is 4.52 Å². The van der Waals surface area contributed by atoms with Crippen molar-refractivity contribution in [3.05, 3.63) is 41.2 Å². The predicted octanol–water partition coefficient (Wildman–Crippen LogP) is 4.72. The van der Waals surface area contributed by atoms with Crippen LogP contribution >= 0.6 is 11.8 Å². The molecule has 0 spiro atoms. The van der Waals surface area contributed by atoms with Crippen LogP contribution in [0.2, 0.25) is 0 Å². The summed E-state index contributed by atoms with van der Waals surface area (Å²) in [7, 11) is 0. The van der Waals surface area contributed by atoms with Gasteiger partial charge in [-0.25, -0.2) is 0 Å². The van der Waals surface area contributed by atoms with Gasteiger partial charge in [0.15, 0.2) is 5.82 Å². The zero-order valence-corrected chi connectivity index (χ0v) is 16.3. The van der Waals surface area contributed by atoms with Gasteiger partial charge in [0.1, 0.15) is 5.76 Å². The first-order valence-corrected chi connectivity index (χ1v) is 9.25. The van der Waals surface area contributed by atoms with Crippen molar-refractivity contribution in [2.45, 2.75) is 31.5 Å². The standard InChI is InChI=1S/C17H15F6N3O3S/c1-8-3-13(26-29-8)25-15(28)9(2)30-7-14(27)24-12-5-10(16(18,19)20)4-11(6-12)17(21,22)23/h3-6,9H,7H2,1-2H3,(H,24,27)(H,25,26,28)/t9-/m1/s1. The number of nitrogens with zero attached hydrogens (tertiary/aromatic N) is 1. The molecule has 0 unspecified atom stereocenters. The summed E-state index contributed by atoms with van der Waals surface area (Å²) >= 11 is 0.830. The molecule has 1 heterocycles. The quantitative estimate of drug-likeness (QED) is 0.616. The van der Waals surface area contributed by atoms with Crippen molar-refractivity contribution in [1.82, 2.24) is 5.16 Å². The minimum Gasteiger partial charge on any atom is -0.360 e. The predicted molar refractivity (Wildman–Crippen MR) is 96.9 cm³/mol. The molecule has 0 saturated heterocycles. The average Bonchev–Trinajstić information content (AvgIpc) is 3.02. The number of carbonyl (C=O) groups is 2. The van der Waals surface area contributed by atoms with Crippen LogP contribution in [0.25, 0.3) is 0 Å². The van der Waals surface area contributed by atoms with Gasteiger partial charge in [0.25, 0.3) is 0 Å². The second-order valence-corrected chi connectivity index (χ2v) is 7.44. The molecular weight excluding hydrogens is 440 g/mol. The first-order chi connectivity index (χ1) is 13.8. The molecular formula is C17H15F6N3O3S. The lowest BCUT2D eigenvalue weighted by atomic mass is 10.1. The maximum Gasteiger partial charge on any atom is 0.416 e. The van der Waals surface area contributed by atoms with Crippen LogP contribution in [0.1, 0.15) is 23.8 Å². The second-order valence-electron chi connectivity index (χ2n) is 6.11. The summed E-state index contributed by atoms with van der Waals surface area (Å²) in [5, 5.41) is 7.24. The Kier molecular flexibility index (Phi) is 7.06. The molecule has 2 rings (SSSR count). The normalized spacial score (nSPS) is 13.1. The summed E-state index contributed by atoms with van der Waals surface area (Å²) in [6.45, 7) is 3.08. The van der Waals surface area contributed by atoms with E-state index in [1.807, 2.05) is 5.32 Å². The first-order valence-electron chi connectivity index (χ1n) is 8.21. The molecule has 6 nitrogen and oxygen atoms in total. The van der Waals surface area contributed by atoms with Gasteiger partial charge < -0.3 is 15.2 Å². The summed E-state index contributed by atoms with van der Waals surface area (Å²) < 4.78 is 81.9. The van der Waals surface area contributed by atoms with E-state index in [0.717, 1.165) is 11.8 Å². The Morgan fingerprint density at radius 3 is 2.07 bits per heavy atom. The van der Waals surface area contributed by atoms with E-state index in [0.29, 0.717) is 17.9 Å². The van der Waals surface area contributed by atoms with Crippen molar-refractivity contribution in [2.75, 3.05) is 16.4 Å². The van der Waals surface area contributed by atoms with E-state index >= 15 is 0 Å². The van der Waals surface area contributed by atoms with E-state index < -0.39 is 46.2 Å². The number of aromatic nitrogens is 1. The Balaban J connectivity index is 2.00. The number of hydrogen-bond acceptors (Lipinski definition) is 5. The number of aryl methyl sites for hydroxylation is 1. The number of anilines is 2. The molecule has 164 valence electrons. The molecule has 0 aliphatic rings. The van der Waals surface area contributed by atoms with Crippen molar-refractivity contribution in [2.24, 2.45) is 0 Å². The number of rotatable bonds is 6. The SMILES string of the molecule is Cc1cc(NC(=O)[C@@H](C)SCC(=O)Nc2cc(C(F)(F)F)cc(C(F)(F)F)c2)no1. The van der Waals surface area contributed by atoms with E-state index in [9.17, 15) is 35.9 Å². The zero-order valence-electron chi connectivity index (χ0n) is 15.4. The monoisotopic (exact) mass is 455 g/mol. The van der Waals surface area contributed by atoms with E-state index in [2.05, 4.69) is 10.5 Å². The molecule has 0 aliphatic carbocycles. The lowest BCUT2D eigenvalue weighted by molar-refractivity contribution is -0.143. The van der Waals surface area contributed by atoms with Crippen molar-refractivity contribution < 1.29 is 40.5 Å². The van der Waals surface area contributed by atoms with Gasteiger partial charge in [0, 0.05) is 11.8 Å². The highest BCUT2D eigenvalue weighted by Gasteiger charge is 2.37. The number of nitrogens with one attached hydrogen (secondary N) is 2. The molecule has 0 radical (unpaired) electrons. The summed E-state index contributed by atoms with van der Waals surface area (Å²) in [5.74, 6) is -1.14. The Morgan fingerprint density at radius 2 is 1.60 bits per heavy atom. The summed E-state index contributed by atoms with van der Waals surface area (Å²) in [6, 6.07) is 2.23. The Morgan fingerprint density at radius 1 is 1.03 bits per heavy atom. The summed E-state index contributed by atoms with van der Waals surface area (Å²) in [6.07, 6.45) is -10.1. The van der Waals surface area contributed by atoms with Crippen LogP contribution in [0, 0.1) is 6.92 Å². The Bertz CT molecular complexity index is 894. The molecule has 2 amide bonds. The van der Waals surface area contributed by atoms with Gasteiger partial charge in [0.2, 0.25) is 11.8 Å². The van der Waals surface area contributed by atoms with Crippen molar-refractivity contribution in [1.29, 1.82) is 0 Å². The molecule has 13 heteroatoms. The number of hydrogen-bond donors (Lipinski definition) is 2. The number of thioether (sulfide) groups is 1. The largest absolute Gasteiger partial charge is 0.416 e. The summed E-state index contributed by atoms with van der Waals surface area (Å²) in [5.41, 5.74) is -3.75. The molecule has 30 heavy (non-hydrogen) atoms. The van der Waals surface area contributed by atoms with Crippen LogP contribution in [0.3, 0.4) is 0 Å². The van der Waals surface area contributed by atoms with Gasteiger partial charge in [-0.1, -0.05) is 5.16 Å². The van der Waals surface area contributed by atoms with Crippen LogP contribution in [-0.4, -0.2) is 28.0 Å². The number of amides is 2. The third kappa shape index (κ3) is 6.68. The molecule has 1 aromatic carbocycles. The van der Waals surface area contributed by atoms with E-state index in [1.165, 1.54) is 13.0 Å². The second kappa shape index (κ2) is 8.98. The third-order valence-corrected chi connectivity index (χ3v) is 4.73. The lowest BCUT2D eigenvalue weighted by Gasteiger charge is -2.15. The van der Waals surface area contributed by atoms with Crippen LogP contribution in [0.4, 0.5) is 37.8 Å². The summed E-state index contributed by atoms with van der Waals surface area (Å²) in [4.78, 5) is 24.0. The fraction of sp³-hybridized carbons (Fsp3) is 0.353.